The molecule has 1 aromatic rings. The standard InChI is InChI=1S/C13H18F3N3O2S/c1-8(2)22(20,21)17-6-5-12-18-10(9-3-4-9)7-11(19-12)13(14,15)16/h7-9,17H,3-6H2,1-2H3. The van der Waals surface area contributed by atoms with E-state index in [-0.39, 0.29) is 24.7 Å². The maximum absolute atomic E-state index is 12.8. The molecule has 0 atom stereocenters. The van der Waals surface area contributed by atoms with E-state index in [0.29, 0.717) is 5.69 Å². The van der Waals surface area contributed by atoms with Gasteiger partial charge in [0.1, 0.15) is 11.5 Å². The van der Waals surface area contributed by atoms with E-state index >= 15 is 0 Å². The van der Waals surface area contributed by atoms with Gasteiger partial charge in [0.25, 0.3) is 0 Å². The average Bonchev–Trinajstić information content (AvgIpc) is 3.21. The fraction of sp³-hybridized carbons (Fsp3) is 0.692. The Hall–Kier alpha value is -1.22. The van der Waals surface area contributed by atoms with Crippen molar-refractivity contribution >= 4 is 10.0 Å². The highest BCUT2D eigenvalue weighted by Gasteiger charge is 2.35. The van der Waals surface area contributed by atoms with Crippen LogP contribution < -0.4 is 4.72 Å². The van der Waals surface area contributed by atoms with Crippen LogP contribution in [0.3, 0.4) is 0 Å². The van der Waals surface area contributed by atoms with Gasteiger partial charge in [-0.05, 0) is 32.8 Å². The Bertz CT molecular complexity index is 640. The Morgan fingerprint density at radius 1 is 1.32 bits per heavy atom. The highest BCUT2D eigenvalue weighted by Crippen LogP contribution is 2.40. The van der Waals surface area contributed by atoms with Crippen LogP contribution in [0.4, 0.5) is 13.2 Å². The minimum Gasteiger partial charge on any atom is -0.238 e. The Morgan fingerprint density at radius 2 is 1.95 bits per heavy atom. The second-order valence-corrected chi connectivity index (χ2v) is 7.93. The zero-order chi connectivity index (χ0) is 16.5. The normalized spacial score (nSPS) is 16.3. The van der Waals surface area contributed by atoms with E-state index in [4.69, 9.17) is 0 Å². The molecular weight excluding hydrogens is 319 g/mol. The predicted molar refractivity (Wildman–Crippen MR) is 74.8 cm³/mol. The second-order valence-electron chi connectivity index (χ2n) is 5.60. The Kier molecular flexibility index (Phi) is 4.76. The lowest BCUT2D eigenvalue weighted by Crippen LogP contribution is -2.32. The van der Waals surface area contributed by atoms with Gasteiger partial charge >= 0.3 is 6.18 Å². The Labute approximate surface area is 127 Å². The summed E-state index contributed by atoms with van der Waals surface area (Å²) in [6, 6.07) is 0.986. The van der Waals surface area contributed by atoms with Gasteiger partial charge in [-0.2, -0.15) is 13.2 Å². The molecule has 0 spiro atoms. The van der Waals surface area contributed by atoms with Gasteiger partial charge in [-0.15, -0.1) is 0 Å². The summed E-state index contributed by atoms with van der Waals surface area (Å²) in [5, 5.41) is -0.600. The molecular formula is C13H18F3N3O2S. The molecule has 1 aliphatic carbocycles. The number of nitrogens with one attached hydrogen (secondary N) is 1. The lowest BCUT2D eigenvalue weighted by atomic mass is 10.2. The van der Waals surface area contributed by atoms with Crippen LogP contribution in [0.5, 0.6) is 0 Å². The summed E-state index contributed by atoms with van der Waals surface area (Å²) in [4.78, 5) is 7.64. The summed E-state index contributed by atoms with van der Waals surface area (Å²) in [7, 11) is -3.45. The van der Waals surface area contributed by atoms with Crippen molar-refractivity contribution in [3.8, 4) is 0 Å². The molecule has 1 saturated carbocycles. The van der Waals surface area contributed by atoms with Crippen molar-refractivity contribution in [2.24, 2.45) is 0 Å². The molecule has 2 rings (SSSR count). The second kappa shape index (κ2) is 6.11. The van der Waals surface area contributed by atoms with Crippen molar-refractivity contribution in [1.29, 1.82) is 0 Å². The number of alkyl halides is 3. The van der Waals surface area contributed by atoms with Crippen LogP contribution in [0, 0.1) is 0 Å². The van der Waals surface area contributed by atoms with Gasteiger partial charge in [-0.1, -0.05) is 0 Å². The van der Waals surface area contributed by atoms with Crippen LogP contribution in [0.15, 0.2) is 6.07 Å². The third kappa shape index (κ3) is 4.39. The van der Waals surface area contributed by atoms with E-state index in [1.165, 1.54) is 13.8 Å². The highest BCUT2D eigenvalue weighted by molar-refractivity contribution is 7.90. The van der Waals surface area contributed by atoms with Crippen molar-refractivity contribution in [2.75, 3.05) is 6.54 Å². The molecule has 1 N–H and O–H groups in total. The number of rotatable bonds is 6. The van der Waals surface area contributed by atoms with E-state index in [9.17, 15) is 21.6 Å². The first-order valence-corrected chi connectivity index (χ1v) is 8.58. The smallest absolute Gasteiger partial charge is 0.238 e. The van der Waals surface area contributed by atoms with Gasteiger partial charge < -0.3 is 0 Å². The van der Waals surface area contributed by atoms with Crippen LogP contribution in [0.25, 0.3) is 0 Å². The van der Waals surface area contributed by atoms with Crippen LogP contribution in [0.1, 0.15) is 49.8 Å². The molecule has 124 valence electrons. The average molecular weight is 337 g/mol. The van der Waals surface area contributed by atoms with Gasteiger partial charge in [0.2, 0.25) is 10.0 Å². The third-order valence-electron chi connectivity index (χ3n) is 3.35. The molecule has 5 nitrogen and oxygen atoms in total. The third-order valence-corrected chi connectivity index (χ3v) is 5.20. The summed E-state index contributed by atoms with van der Waals surface area (Å²) in [6.07, 6.45) is -2.85. The quantitative estimate of drug-likeness (QED) is 0.864. The largest absolute Gasteiger partial charge is 0.433 e. The molecule has 9 heteroatoms. The highest BCUT2D eigenvalue weighted by atomic mass is 32.2. The summed E-state index contributed by atoms with van der Waals surface area (Å²) in [6.45, 7) is 3.02. The zero-order valence-electron chi connectivity index (χ0n) is 12.3. The maximum atomic E-state index is 12.8. The lowest BCUT2D eigenvalue weighted by molar-refractivity contribution is -0.141. The van der Waals surface area contributed by atoms with Crippen molar-refractivity contribution in [2.45, 2.75) is 50.5 Å². The minimum atomic E-state index is -4.53. The number of hydrogen-bond donors (Lipinski definition) is 1. The van der Waals surface area contributed by atoms with Gasteiger partial charge in [-0.3, -0.25) is 0 Å². The van der Waals surface area contributed by atoms with Gasteiger partial charge in [0, 0.05) is 24.6 Å². The first-order chi connectivity index (χ1) is 10.1. The number of halogens is 3. The summed E-state index contributed by atoms with van der Waals surface area (Å²) in [5.41, 5.74) is -0.574. The van der Waals surface area contributed by atoms with E-state index in [2.05, 4.69) is 14.7 Å². The molecule has 0 saturated heterocycles. The summed E-state index contributed by atoms with van der Waals surface area (Å²) < 4.78 is 64.1. The Morgan fingerprint density at radius 3 is 2.45 bits per heavy atom. The molecule has 0 radical (unpaired) electrons. The van der Waals surface area contributed by atoms with Gasteiger partial charge in [0.15, 0.2) is 0 Å². The number of hydrogen-bond acceptors (Lipinski definition) is 4. The molecule has 22 heavy (non-hydrogen) atoms. The van der Waals surface area contributed by atoms with Gasteiger partial charge in [0.05, 0.1) is 5.25 Å². The van der Waals surface area contributed by atoms with Crippen LogP contribution >= 0.6 is 0 Å². The molecule has 0 aliphatic heterocycles. The fourth-order valence-corrected chi connectivity index (χ4v) is 2.55. The number of nitrogens with zero attached hydrogens (tertiary/aromatic N) is 2. The molecule has 0 amide bonds. The SMILES string of the molecule is CC(C)S(=O)(=O)NCCc1nc(C2CC2)cc(C(F)(F)F)n1. The van der Waals surface area contributed by atoms with Crippen LogP contribution in [0.2, 0.25) is 0 Å². The summed E-state index contributed by atoms with van der Waals surface area (Å²) >= 11 is 0. The number of aromatic nitrogens is 2. The van der Waals surface area contributed by atoms with E-state index in [1.54, 1.807) is 0 Å². The van der Waals surface area contributed by atoms with Crippen LogP contribution in [-0.4, -0.2) is 30.2 Å². The lowest BCUT2D eigenvalue weighted by Gasteiger charge is -2.11. The maximum Gasteiger partial charge on any atom is 0.433 e. The van der Waals surface area contributed by atoms with Crippen molar-refractivity contribution in [1.82, 2.24) is 14.7 Å². The molecule has 0 aromatic carbocycles. The molecule has 1 heterocycles. The predicted octanol–water partition coefficient (Wildman–Crippen LogP) is 2.24. The first kappa shape index (κ1) is 17.1. The number of sulfonamides is 1. The summed E-state index contributed by atoms with van der Waals surface area (Å²) in [5.74, 6) is 0.0818. The van der Waals surface area contributed by atoms with Gasteiger partial charge in [-0.25, -0.2) is 23.1 Å². The van der Waals surface area contributed by atoms with E-state index < -0.39 is 27.1 Å². The van der Waals surface area contributed by atoms with Crippen molar-refractivity contribution < 1.29 is 21.6 Å². The van der Waals surface area contributed by atoms with Crippen molar-refractivity contribution in [3.63, 3.8) is 0 Å². The topological polar surface area (TPSA) is 72.0 Å². The minimum absolute atomic E-state index is 0.0168. The molecule has 1 aromatic heterocycles. The van der Waals surface area contributed by atoms with Crippen LogP contribution in [-0.2, 0) is 22.6 Å². The molecule has 1 fully saturated rings. The van der Waals surface area contributed by atoms with Crippen molar-refractivity contribution in [3.05, 3.63) is 23.3 Å². The molecule has 1 aliphatic rings. The monoisotopic (exact) mass is 337 g/mol. The zero-order valence-corrected chi connectivity index (χ0v) is 13.1. The van der Waals surface area contributed by atoms with E-state index in [1.807, 2.05) is 0 Å². The molecule has 0 unspecified atom stereocenters. The Balaban J connectivity index is 2.12. The van der Waals surface area contributed by atoms with E-state index in [0.717, 1.165) is 18.9 Å². The fourth-order valence-electron chi connectivity index (χ4n) is 1.83. The molecule has 0 bridgehead atoms. The first-order valence-electron chi connectivity index (χ1n) is 7.03.